The van der Waals surface area contributed by atoms with Gasteiger partial charge in [0.2, 0.25) is 0 Å². The van der Waals surface area contributed by atoms with Crippen molar-refractivity contribution in [1.29, 1.82) is 0 Å². The second-order valence-electron chi connectivity index (χ2n) is 5.86. The van der Waals surface area contributed by atoms with Gasteiger partial charge in [-0.2, -0.15) is 0 Å². The van der Waals surface area contributed by atoms with Gasteiger partial charge in [0.25, 0.3) is 0 Å². The van der Waals surface area contributed by atoms with Gasteiger partial charge >= 0.3 is 0 Å². The highest BCUT2D eigenvalue weighted by Gasteiger charge is 2.29. The van der Waals surface area contributed by atoms with Crippen LogP contribution in [0.25, 0.3) is 0 Å². The molecular weight excluding hydrogens is 182 g/mol. The SMILES string of the molecule is CCC1CC(C)N(CCC(C)C)C(C)C1. The molecule has 2 unspecified atom stereocenters. The van der Waals surface area contributed by atoms with Crippen molar-refractivity contribution in [2.45, 2.75) is 72.4 Å². The molecule has 1 aliphatic heterocycles. The molecule has 1 heterocycles. The number of piperidine rings is 1. The quantitative estimate of drug-likeness (QED) is 0.681. The van der Waals surface area contributed by atoms with Crippen LogP contribution in [0.3, 0.4) is 0 Å². The predicted molar refractivity (Wildman–Crippen MR) is 68.1 cm³/mol. The van der Waals surface area contributed by atoms with Crippen LogP contribution in [-0.2, 0) is 0 Å². The molecule has 1 rings (SSSR count). The van der Waals surface area contributed by atoms with Crippen LogP contribution in [0, 0.1) is 11.8 Å². The summed E-state index contributed by atoms with van der Waals surface area (Å²) in [5.74, 6) is 1.82. The third-order valence-corrected chi connectivity index (χ3v) is 4.02. The van der Waals surface area contributed by atoms with Gasteiger partial charge in [-0.15, -0.1) is 0 Å². The lowest BCUT2D eigenvalue weighted by atomic mass is 9.85. The first-order chi connectivity index (χ1) is 7.04. The van der Waals surface area contributed by atoms with E-state index in [0.29, 0.717) is 0 Å². The van der Waals surface area contributed by atoms with Crippen molar-refractivity contribution < 1.29 is 0 Å². The Labute approximate surface area is 96.2 Å². The highest BCUT2D eigenvalue weighted by atomic mass is 15.2. The van der Waals surface area contributed by atoms with E-state index in [1.54, 1.807) is 0 Å². The van der Waals surface area contributed by atoms with Crippen molar-refractivity contribution >= 4 is 0 Å². The fourth-order valence-electron chi connectivity index (χ4n) is 2.95. The predicted octanol–water partition coefficient (Wildman–Crippen LogP) is 3.93. The number of rotatable bonds is 4. The van der Waals surface area contributed by atoms with E-state index in [1.165, 1.54) is 32.2 Å². The van der Waals surface area contributed by atoms with Gasteiger partial charge in [0, 0.05) is 12.1 Å². The Hall–Kier alpha value is -0.0400. The van der Waals surface area contributed by atoms with Crippen molar-refractivity contribution in [3.05, 3.63) is 0 Å². The average molecular weight is 211 g/mol. The van der Waals surface area contributed by atoms with Crippen LogP contribution >= 0.6 is 0 Å². The first-order valence-corrected chi connectivity index (χ1v) is 6.80. The van der Waals surface area contributed by atoms with Gasteiger partial charge in [0.05, 0.1) is 0 Å². The molecule has 0 bridgehead atoms. The Balaban J connectivity index is 2.43. The van der Waals surface area contributed by atoms with E-state index in [1.807, 2.05) is 0 Å². The molecule has 0 N–H and O–H groups in total. The summed E-state index contributed by atoms with van der Waals surface area (Å²) in [7, 11) is 0. The molecule has 90 valence electrons. The molecule has 1 heteroatoms. The molecule has 0 aromatic rings. The lowest BCUT2D eigenvalue weighted by molar-refractivity contribution is 0.0646. The molecule has 1 nitrogen and oxygen atoms in total. The molecule has 0 spiro atoms. The number of hydrogen-bond acceptors (Lipinski definition) is 1. The lowest BCUT2D eigenvalue weighted by Gasteiger charge is -2.43. The lowest BCUT2D eigenvalue weighted by Crippen LogP contribution is -2.47. The van der Waals surface area contributed by atoms with Gasteiger partial charge in [-0.1, -0.05) is 27.2 Å². The first-order valence-electron chi connectivity index (χ1n) is 6.80. The zero-order valence-electron chi connectivity index (χ0n) is 11.3. The van der Waals surface area contributed by atoms with Crippen molar-refractivity contribution in [2.75, 3.05) is 6.54 Å². The molecule has 0 saturated carbocycles. The largest absolute Gasteiger partial charge is 0.298 e. The van der Waals surface area contributed by atoms with Gasteiger partial charge in [-0.3, -0.25) is 4.90 Å². The third kappa shape index (κ3) is 3.79. The molecule has 0 radical (unpaired) electrons. The highest BCUT2D eigenvalue weighted by molar-refractivity contribution is 4.83. The number of nitrogens with zero attached hydrogens (tertiary/aromatic N) is 1. The minimum atomic E-state index is 0.803. The first kappa shape index (κ1) is 13.0. The van der Waals surface area contributed by atoms with Crippen LogP contribution in [0.15, 0.2) is 0 Å². The Morgan fingerprint density at radius 1 is 1.13 bits per heavy atom. The van der Waals surface area contributed by atoms with E-state index in [-0.39, 0.29) is 0 Å². The van der Waals surface area contributed by atoms with Gasteiger partial charge in [-0.05, 0) is 51.5 Å². The summed E-state index contributed by atoms with van der Waals surface area (Å²) in [5.41, 5.74) is 0. The van der Waals surface area contributed by atoms with Gasteiger partial charge in [-0.25, -0.2) is 0 Å². The maximum atomic E-state index is 2.73. The van der Waals surface area contributed by atoms with E-state index in [9.17, 15) is 0 Å². The van der Waals surface area contributed by atoms with Crippen molar-refractivity contribution in [1.82, 2.24) is 4.90 Å². The number of hydrogen-bond donors (Lipinski definition) is 0. The fourth-order valence-corrected chi connectivity index (χ4v) is 2.95. The molecule has 0 aliphatic carbocycles. The Morgan fingerprint density at radius 2 is 1.67 bits per heavy atom. The molecule has 2 atom stereocenters. The summed E-state index contributed by atoms with van der Waals surface area (Å²) in [6.07, 6.45) is 5.55. The van der Waals surface area contributed by atoms with Crippen LogP contribution in [0.2, 0.25) is 0 Å². The minimum Gasteiger partial charge on any atom is -0.298 e. The second kappa shape index (κ2) is 5.89. The molecule has 1 saturated heterocycles. The van der Waals surface area contributed by atoms with Gasteiger partial charge in [0.1, 0.15) is 0 Å². The van der Waals surface area contributed by atoms with E-state index in [4.69, 9.17) is 0 Å². The number of likely N-dealkylation sites (tertiary alicyclic amines) is 1. The molecule has 0 aromatic heterocycles. The molecule has 1 fully saturated rings. The summed E-state index contributed by atoms with van der Waals surface area (Å²) in [5, 5.41) is 0. The second-order valence-corrected chi connectivity index (χ2v) is 5.86. The maximum absolute atomic E-state index is 2.73. The highest BCUT2D eigenvalue weighted by Crippen LogP contribution is 2.29. The van der Waals surface area contributed by atoms with Gasteiger partial charge < -0.3 is 0 Å². The fraction of sp³-hybridized carbons (Fsp3) is 1.00. The van der Waals surface area contributed by atoms with Crippen LogP contribution in [0.5, 0.6) is 0 Å². The van der Waals surface area contributed by atoms with Crippen LogP contribution < -0.4 is 0 Å². The standard InChI is InChI=1S/C14H29N/c1-6-14-9-12(4)15(13(5)10-14)8-7-11(2)3/h11-14H,6-10H2,1-5H3. The molecular formula is C14H29N. The zero-order valence-corrected chi connectivity index (χ0v) is 11.3. The molecule has 1 aliphatic rings. The van der Waals surface area contributed by atoms with E-state index in [0.717, 1.165) is 23.9 Å². The summed E-state index contributed by atoms with van der Waals surface area (Å²) in [4.78, 5) is 2.73. The third-order valence-electron chi connectivity index (χ3n) is 4.02. The Morgan fingerprint density at radius 3 is 2.07 bits per heavy atom. The van der Waals surface area contributed by atoms with Crippen LogP contribution in [0.4, 0.5) is 0 Å². The monoisotopic (exact) mass is 211 g/mol. The maximum Gasteiger partial charge on any atom is 0.00723 e. The normalized spacial score (nSPS) is 33.6. The topological polar surface area (TPSA) is 3.24 Å². The smallest absolute Gasteiger partial charge is 0.00723 e. The molecule has 0 amide bonds. The molecule has 0 aromatic carbocycles. The summed E-state index contributed by atoms with van der Waals surface area (Å²) >= 11 is 0. The average Bonchev–Trinajstić information content (AvgIpc) is 2.15. The summed E-state index contributed by atoms with van der Waals surface area (Å²) < 4.78 is 0. The van der Waals surface area contributed by atoms with E-state index in [2.05, 4.69) is 39.5 Å². The van der Waals surface area contributed by atoms with Gasteiger partial charge in [0.15, 0.2) is 0 Å². The van der Waals surface area contributed by atoms with E-state index < -0.39 is 0 Å². The Kier molecular flexibility index (Phi) is 5.11. The molecule has 15 heavy (non-hydrogen) atoms. The Bertz CT molecular complexity index is 164. The van der Waals surface area contributed by atoms with Crippen LogP contribution in [0.1, 0.15) is 60.3 Å². The van der Waals surface area contributed by atoms with Crippen LogP contribution in [-0.4, -0.2) is 23.5 Å². The zero-order chi connectivity index (χ0) is 11.4. The van der Waals surface area contributed by atoms with Crippen molar-refractivity contribution in [3.63, 3.8) is 0 Å². The summed E-state index contributed by atoms with van der Waals surface area (Å²) in [6, 6.07) is 1.61. The summed E-state index contributed by atoms with van der Waals surface area (Å²) in [6.45, 7) is 13.1. The van der Waals surface area contributed by atoms with Crippen molar-refractivity contribution in [2.24, 2.45) is 11.8 Å². The minimum absolute atomic E-state index is 0.803. The van der Waals surface area contributed by atoms with Crippen molar-refractivity contribution in [3.8, 4) is 0 Å². The van der Waals surface area contributed by atoms with E-state index >= 15 is 0 Å².